The molecule has 30 heavy (non-hydrogen) atoms. The lowest BCUT2D eigenvalue weighted by atomic mass is 10.1. The summed E-state index contributed by atoms with van der Waals surface area (Å²) in [7, 11) is 0. The Morgan fingerprint density at radius 1 is 1.00 bits per heavy atom. The van der Waals surface area contributed by atoms with E-state index in [2.05, 4.69) is 34.5 Å². The number of hydrogen-bond acceptors (Lipinski definition) is 4. The number of benzene rings is 2. The van der Waals surface area contributed by atoms with Gasteiger partial charge in [-0.15, -0.1) is 0 Å². The second-order valence-corrected chi connectivity index (χ2v) is 8.28. The summed E-state index contributed by atoms with van der Waals surface area (Å²) in [4.78, 5) is 15.3. The third-order valence-corrected chi connectivity index (χ3v) is 5.91. The predicted molar refractivity (Wildman–Crippen MR) is 118 cm³/mol. The molecule has 2 fully saturated rings. The number of carbonyl (C=O) groups excluding carboxylic acids is 1. The Kier molecular flexibility index (Phi) is 7.38. The molecule has 0 aromatic heterocycles. The van der Waals surface area contributed by atoms with Crippen LogP contribution in [0.2, 0.25) is 0 Å². The molecular weight excluding hydrogens is 376 g/mol. The molecule has 0 saturated carbocycles. The van der Waals surface area contributed by atoms with Gasteiger partial charge in [-0.25, -0.2) is 0 Å². The zero-order valence-corrected chi connectivity index (χ0v) is 17.6. The van der Waals surface area contributed by atoms with E-state index in [1.807, 2.05) is 24.3 Å². The maximum absolute atomic E-state index is 12.7. The fourth-order valence-electron chi connectivity index (χ4n) is 4.15. The Hall–Kier alpha value is -2.37. The van der Waals surface area contributed by atoms with Gasteiger partial charge >= 0.3 is 0 Å². The first-order valence-corrected chi connectivity index (χ1v) is 11.2. The van der Waals surface area contributed by atoms with Gasteiger partial charge in [0.25, 0.3) is 5.91 Å². The van der Waals surface area contributed by atoms with Crippen molar-refractivity contribution in [3.05, 3.63) is 65.2 Å². The largest absolute Gasteiger partial charge is 0.490 e. The van der Waals surface area contributed by atoms with Gasteiger partial charge in [-0.2, -0.15) is 0 Å². The summed E-state index contributed by atoms with van der Waals surface area (Å²) in [5, 5.41) is 3.02. The maximum Gasteiger partial charge on any atom is 0.255 e. The first-order valence-electron chi connectivity index (χ1n) is 11.2. The number of hydrogen-bond donors (Lipinski definition) is 1. The second-order valence-electron chi connectivity index (χ2n) is 8.28. The van der Waals surface area contributed by atoms with Crippen molar-refractivity contribution in [2.75, 3.05) is 26.3 Å². The van der Waals surface area contributed by atoms with Crippen molar-refractivity contribution in [3.63, 3.8) is 0 Å². The highest BCUT2D eigenvalue weighted by Crippen LogP contribution is 2.21. The summed E-state index contributed by atoms with van der Waals surface area (Å²) in [5.74, 6) is 0.498. The van der Waals surface area contributed by atoms with Crippen molar-refractivity contribution in [2.45, 2.75) is 51.3 Å². The van der Waals surface area contributed by atoms with Crippen LogP contribution in [0.25, 0.3) is 0 Å². The lowest BCUT2D eigenvalue weighted by Gasteiger charge is -2.26. The van der Waals surface area contributed by atoms with E-state index in [0.29, 0.717) is 24.5 Å². The lowest BCUT2D eigenvalue weighted by Crippen LogP contribution is -2.29. The molecule has 2 aromatic rings. The van der Waals surface area contributed by atoms with Crippen LogP contribution >= 0.6 is 0 Å². The van der Waals surface area contributed by atoms with Crippen LogP contribution in [0, 0.1) is 0 Å². The average Bonchev–Trinajstić information content (AvgIpc) is 3.32. The fourth-order valence-corrected chi connectivity index (χ4v) is 4.15. The molecule has 0 spiro atoms. The smallest absolute Gasteiger partial charge is 0.255 e. The molecule has 2 aliphatic heterocycles. The molecular formula is C25H32N2O3. The zero-order valence-electron chi connectivity index (χ0n) is 17.6. The van der Waals surface area contributed by atoms with Crippen LogP contribution in [0.5, 0.6) is 5.75 Å². The van der Waals surface area contributed by atoms with Gasteiger partial charge in [0.2, 0.25) is 0 Å². The van der Waals surface area contributed by atoms with E-state index in [-0.39, 0.29) is 12.0 Å². The van der Waals surface area contributed by atoms with Crippen molar-refractivity contribution in [3.8, 4) is 5.75 Å². The molecule has 2 aromatic carbocycles. The van der Waals surface area contributed by atoms with Crippen molar-refractivity contribution in [1.82, 2.24) is 10.2 Å². The number of piperidine rings is 1. The second kappa shape index (κ2) is 10.6. The Morgan fingerprint density at radius 3 is 2.53 bits per heavy atom. The predicted octanol–water partition coefficient (Wildman–Crippen LogP) is 4.16. The number of carbonyl (C=O) groups is 1. The number of ether oxygens (including phenoxy) is 2. The van der Waals surface area contributed by atoms with E-state index in [9.17, 15) is 4.79 Å². The highest BCUT2D eigenvalue weighted by Gasteiger charge is 2.18. The van der Waals surface area contributed by atoms with Crippen molar-refractivity contribution in [1.29, 1.82) is 0 Å². The fraction of sp³-hybridized carbons (Fsp3) is 0.480. The molecule has 0 unspecified atom stereocenters. The van der Waals surface area contributed by atoms with E-state index < -0.39 is 0 Å². The van der Waals surface area contributed by atoms with Gasteiger partial charge in [0.1, 0.15) is 12.4 Å². The van der Waals surface area contributed by atoms with Crippen LogP contribution in [0.1, 0.15) is 53.6 Å². The number of nitrogens with zero attached hydrogens (tertiary/aromatic N) is 1. The van der Waals surface area contributed by atoms with E-state index in [1.54, 1.807) is 0 Å². The SMILES string of the molecule is O=C(NCc1ccc(CN2CCCCC2)cc1)c1ccccc1OC[C@@H]1CCCO1. The zero-order chi connectivity index (χ0) is 20.6. The minimum atomic E-state index is -0.115. The minimum Gasteiger partial charge on any atom is -0.490 e. The molecule has 2 heterocycles. The molecule has 5 nitrogen and oxygen atoms in total. The molecule has 4 rings (SSSR count). The number of rotatable bonds is 8. The van der Waals surface area contributed by atoms with E-state index in [4.69, 9.17) is 9.47 Å². The highest BCUT2D eigenvalue weighted by molar-refractivity contribution is 5.96. The lowest BCUT2D eigenvalue weighted by molar-refractivity contribution is 0.0670. The molecule has 0 bridgehead atoms. The van der Waals surface area contributed by atoms with Gasteiger partial charge < -0.3 is 14.8 Å². The summed E-state index contributed by atoms with van der Waals surface area (Å²) >= 11 is 0. The van der Waals surface area contributed by atoms with Gasteiger partial charge in [0.15, 0.2) is 0 Å². The molecule has 0 radical (unpaired) electrons. The van der Waals surface area contributed by atoms with Crippen LogP contribution in [-0.2, 0) is 17.8 Å². The monoisotopic (exact) mass is 408 g/mol. The van der Waals surface area contributed by atoms with E-state index in [1.165, 1.54) is 37.9 Å². The Labute approximate surface area is 179 Å². The Balaban J connectivity index is 1.28. The number of amides is 1. The quantitative estimate of drug-likeness (QED) is 0.713. The molecule has 2 saturated heterocycles. The summed E-state index contributed by atoms with van der Waals surface area (Å²) in [6.45, 7) is 5.21. The molecule has 1 N–H and O–H groups in total. The summed E-state index contributed by atoms with van der Waals surface area (Å²) in [5.41, 5.74) is 3.00. The standard InChI is InChI=1S/C25H32N2O3/c28-25(23-8-2-3-9-24(23)30-19-22-7-6-16-29-22)26-17-20-10-12-21(13-11-20)18-27-14-4-1-5-15-27/h2-3,8-13,22H,1,4-7,14-19H2,(H,26,28)/t22-/m0/s1. The minimum absolute atomic E-state index is 0.115. The molecule has 1 atom stereocenters. The Morgan fingerprint density at radius 2 is 1.77 bits per heavy atom. The molecule has 5 heteroatoms. The third-order valence-electron chi connectivity index (χ3n) is 5.91. The average molecular weight is 409 g/mol. The number of para-hydroxylation sites is 1. The van der Waals surface area contributed by atoms with E-state index in [0.717, 1.165) is 31.6 Å². The number of likely N-dealkylation sites (tertiary alicyclic amines) is 1. The summed E-state index contributed by atoms with van der Waals surface area (Å²) in [6, 6.07) is 16.0. The maximum atomic E-state index is 12.7. The van der Waals surface area contributed by atoms with Crippen LogP contribution in [0.4, 0.5) is 0 Å². The van der Waals surface area contributed by atoms with Crippen LogP contribution in [0.15, 0.2) is 48.5 Å². The molecule has 1 amide bonds. The third kappa shape index (κ3) is 5.83. The van der Waals surface area contributed by atoms with Crippen LogP contribution in [0.3, 0.4) is 0 Å². The topological polar surface area (TPSA) is 50.8 Å². The van der Waals surface area contributed by atoms with Crippen LogP contribution in [-0.4, -0.2) is 43.2 Å². The van der Waals surface area contributed by atoms with Gasteiger partial charge in [-0.3, -0.25) is 9.69 Å². The van der Waals surface area contributed by atoms with Gasteiger partial charge in [-0.05, 0) is 62.0 Å². The summed E-state index contributed by atoms with van der Waals surface area (Å²) < 4.78 is 11.5. The Bertz CT molecular complexity index is 809. The normalized spacial score (nSPS) is 19.5. The van der Waals surface area contributed by atoms with Gasteiger partial charge in [-0.1, -0.05) is 42.8 Å². The summed E-state index contributed by atoms with van der Waals surface area (Å²) in [6.07, 6.45) is 6.20. The number of nitrogens with one attached hydrogen (secondary N) is 1. The van der Waals surface area contributed by atoms with Gasteiger partial charge in [0, 0.05) is 19.7 Å². The first kappa shape index (κ1) is 20.9. The van der Waals surface area contributed by atoms with Crippen molar-refractivity contribution < 1.29 is 14.3 Å². The van der Waals surface area contributed by atoms with Crippen molar-refractivity contribution >= 4 is 5.91 Å². The van der Waals surface area contributed by atoms with E-state index >= 15 is 0 Å². The highest BCUT2D eigenvalue weighted by atomic mass is 16.5. The molecule has 160 valence electrons. The molecule has 2 aliphatic rings. The first-order chi connectivity index (χ1) is 14.8. The molecule has 0 aliphatic carbocycles. The van der Waals surface area contributed by atoms with Gasteiger partial charge in [0.05, 0.1) is 11.7 Å². The van der Waals surface area contributed by atoms with Crippen molar-refractivity contribution in [2.24, 2.45) is 0 Å². The van der Waals surface area contributed by atoms with Crippen LogP contribution < -0.4 is 10.1 Å².